The van der Waals surface area contributed by atoms with Gasteiger partial charge in [-0.15, -0.1) is 0 Å². The van der Waals surface area contributed by atoms with E-state index in [9.17, 15) is 5.26 Å². The molecule has 2 N–H and O–H groups in total. The Bertz CT molecular complexity index is 689. The van der Waals surface area contributed by atoms with Crippen LogP contribution in [-0.4, -0.2) is 22.9 Å². The molecule has 0 spiro atoms. The van der Waals surface area contributed by atoms with E-state index in [4.69, 9.17) is 5.73 Å². The fourth-order valence-corrected chi connectivity index (χ4v) is 2.79. The van der Waals surface area contributed by atoms with Gasteiger partial charge in [0, 0.05) is 13.1 Å². The normalized spacial score (nSPS) is 14.4. The Morgan fingerprint density at radius 1 is 1.29 bits per heavy atom. The highest BCUT2D eigenvalue weighted by atomic mass is 15.4. The topological polar surface area (TPSA) is 70.9 Å². The number of benzene rings is 1. The molecule has 2 heterocycles. The molecule has 1 saturated heterocycles. The van der Waals surface area contributed by atoms with Crippen molar-refractivity contribution in [3.63, 3.8) is 0 Å². The predicted octanol–water partition coefficient (Wildman–Crippen LogP) is 2.29. The van der Waals surface area contributed by atoms with Crippen LogP contribution in [0.2, 0.25) is 0 Å². The third-order valence-corrected chi connectivity index (χ3v) is 4.07. The molecule has 0 bridgehead atoms. The molecule has 0 unspecified atom stereocenters. The number of nitriles is 1. The monoisotopic (exact) mass is 281 g/mol. The molecule has 0 aliphatic carbocycles. The zero-order valence-electron chi connectivity index (χ0n) is 12.2. The highest BCUT2D eigenvalue weighted by molar-refractivity contribution is 5.65. The number of nitrogens with two attached hydrogens (primary N) is 1. The molecule has 5 heteroatoms. The number of hydrogen-bond donors (Lipinski definition) is 1. The second-order valence-corrected chi connectivity index (χ2v) is 5.47. The van der Waals surface area contributed by atoms with Gasteiger partial charge in [-0.1, -0.05) is 24.3 Å². The van der Waals surface area contributed by atoms with Gasteiger partial charge in [-0.25, -0.2) is 4.68 Å². The van der Waals surface area contributed by atoms with Gasteiger partial charge >= 0.3 is 0 Å². The molecule has 108 valence electrons. The highest BCUT2D eigenvalue weighted by Gasteiger charge is 2.23. The van der Waals surface area contributed by atoms with Gasteiger partial charge in [-0.05, 0) is 30.9 Å². The first-order valence-electron chi connectivity index (χ1n) is 7.26. The first kappa shape index (κ1) is 13.5. The van der Waals surface area contributed by atoms with Gasteiger partial charge in [0.25, 0.3) is 0 Å². The molecule has 1 aromatic carbocycles. The van der Waals surface area contributed by atoms with E-state index >= 15 is 0 Å². The molecule has 1 aliphatic rings. The van der Waals surface area contributed by atoms with Crippen molar-refractivity contribution in [2.45, 2.75) is 26.3 Å². The average molecular weight is 281 g/mol. The number of anilines is 2. The number of nitrogen functional groups attached to an aromatic ring is 1. The summed E-state index contributed by atoms with van der Waals surface area (Å²) >= 11 is 0. The molecule has 0 radical (unpaired) electrons. The second kappa shape index (κ2) is 5.49. The van der Waals surface area contributed by atoms with Crippen LogP contribution in [0.4, 0.5) is 11.6 Å². The van der Waals surface area contributed by atoms with Crippen molar-refractivity contribution in [2.75, 3.05) is 23.7 Å². The van der Waals surface area contributed by atoms with E-state index in [-0.39, 0.29) is 0 Å². The Balaban J connectivity index is 1.96. The number of hydrogen-bond acceptors (Lipinski definition) is 4. The van der Waals surface area contributed by atoms with Crippen LogP contribution in [0, 0.1) is 18.3 Å². The number of aryl methyl sites for hydroxylation is 1. The van der Waals surface area contributed by atoms with Crippen molar-refractivity contribution in [3.8, 4) is 6.07 Å². The quantitative estimate of drug-likeness (QED) is 0.937. The highest BCUT2D eigenvalue weighted by Crippen LogP contribution is 2.28. The minimum atomic E-state index is 0.461. The van der Waals surface area contributed by atoms with Crippen LogP contribution in [0.25, 0.3) is 0 Å². The van der Waals surface area contributed by atoms with Crippen molar-refractivity contribution >= 4 is 11.6 Å². The van der Waals surface area contributed by atoms with E-state index < -0.39 is 0 Å². The molecule has 3 rings (SSSR count). The summed E-state index contributed by atoms with van der Waals surface area (Å²) < 4.78 is 1.74. The lowest BCUT2D eigenvalue weighted by Crippen LogP contribution is -2.19. The van der Waals surface area contributed by atoms with Crippen LogP contribution in [0.5, 0.6) is 0 Å². The fraction of sp³-hybridized carbons (Fsp3) is 0.375. The van der Waals surface area contributed by atoms with Crippen molar-refractivity contribution < 1.29 is 0 Å². The molecule has 0 atom stereocenters. The minimum Gasteiger partial charge on any atom is -0.383 e. The van der Waals surface area contributed by atoms with Crippen LogP contribution in [-0.2, 0) is 6.54 Å². The summed E-state index contributed by atoms with van der Waals surface area (Å²) in [6.07, 6.45) is 2.30. The first-order valence-corrected chi connectivity index (χ1v) is 7.26. The van der Waals surface area contributed by atoms with Crippen LogP contribution in [0.3, 0.4) is 0 Å². The van der Waals surface area contributed by atoms with Gasteiger partial charge in [0.05, 0.1) is 6.54 Å². The Morgan fingerprint density at radius 2 is 2.00 bits per heavy atom. The van der Waals surface area contributed by atoms with E-state index in [1.54, 1.807) is 4.68 Å². The molecule has 0 saturated carbocycles. The maximum absolute atomic E-state index is 9.38. The van der Waals surface area contributed by atoms with Gasteiger partial charge in [0.15, 0.2) is 5.82 Å². The minimum absolute atomic E-state index is 0.461. The van der Waals surface area contributed by atoms with E-state index in [0.717, 1.165) is 31.7 Å². The standard InChI is InChI=1S/C16H19N5/c1-12-6-2-3-7-13(12)11-21-15(18)14(10-17)16(19-21)20-8-4-5-9-20/h2-3,6-7H,4-5,8-9,11,18H2,1H3. The summed E-state index contributed by atoms with van der Waals surface area (Å²) in [7, 11) is 0. The SMILES string of the molecule is Cc1ccccc1Cn1nc(N2CCCC2)c(C#N)c1N. The number of aromatic nitrogens is 2. The zero-order chi connectivity index (χ0) is 14.8. The summed E-state index contributed by atoms with van der Waals surface area (Å²) in [5.74, 6) is 1.20. The van der Waals surface area contributed by atoms with Crippen LogP contribution >= 0.6 is 0 Å². The van der Waals surface area contributed by atoms with E-state index in [1.807, 2.05) is 12.1 Å². The molecule has 1 aromatic heterocycles. The number of rotatable bonds is 3. The van der Waals surface area contributed by atoms with Gasteiger partial charge in [0.1, 0.15) is 17.5 Å². The number of nitrogens with zero attached hydrogens (tertiary/aromatic N) is 4. The molecule has 1 aliphatic heterocycles. The van der Waals surface area contributed by atoms with Crippen LogP contribution < -0.4 is 10.6 Å². The molecular weight excluding hydrogens is 262 g/mol. The predicted molar refractivity (Wildman–Crippen MR) is 83.1 cm³/mol. The lowest BCUT2D eigenvalue weighted by Gasteiger charge is -2.13. The van der Waals surface area contributed by atoms with Gasteiger partial charge in [0.2, 0.25) is 0 Å². The Hall–Kier alpha value is -2.48. The van der Waals surface area contributed by atoms with Gasteiger partial charge < -0.3 is 10.6 Å². The molecule has 21 heavy (non-hydrogen) atoms. The summed E-state index contributed by atoms with van der Waals surface area (Å²) in [6, 6.07) is 10.4. The van der Waals surface area contributed by atoms with Gasteiger partial charge in [-0.2, -0.15) is 10.4 Å². The van der Waals surface area contributed by atoms with Crippen molar-refractivity contribution in [3.05, 3.63) is 41.0 Å². The fourth-order valence-electron chi connectivity index (χ4n) is 2.79. The molecule has 2 aromatic rings. The maximum Gasteiger partial charge on any atom is 0.170 e. The zero-order valence-corrected chi connectivity index (χ0v) is 12.2. The lowest BCUT2D eigenvalue weighted by molar-refractivity contribution is 0.688. The first-order chi connectivity index (χ1) is 10.2. The largest absolute Gasteiger partial charge is 0.383 e. The summed E-state index contributed by atoms with van der Waals surface area (Å²) in [4.78, 5) is 2.16. The van der Waals surface area contributed by atoms with Gasteiger partial charge in [-0.3, -0.25) is 0 Å². The summed E-state index contributed by atoms with van der Waals surface area (Å²) in [5.41, 5.74) is 9.01. The van der Waals surface area contributed by atoms with E-state index in [0.29, 0.717) is 17.9 Å². The second-order valence-electron chi connectivity index (χ2n) is 5.47. The average Bonchev–Trinajstić information content (AvgIpc) is 3.10. The van der Waals surface area contributed by atoms with Crippen molar-refractivity contribution in [1.82, 2.24) is 9.78 Å². The van der Waals surface area contributed by atoms with E-state index in [1.165, 1.54) is 11.1 Å². The van der Waals surface area contributed by atoms with E-state index in [2.05, 4.69) is 35.1 Å². The molecular formula is C16H19N5. The van der Waals surface area contributed by atoms with Crippen molar-refractivity contribution in [2.24, 2.45) is 0 Å². The maximum atomic E-state index is 9.38. The Kier molecular flexibility index (Phi) is 3.53. The molecule has 1 fully saturated rings. The summed E-state index contributed by atoms with van der Waals surface area (Å²) in [6.45, 7) is 4.58. The molecule has 5 nitrogen and oxygen atoms in total. The Labute approximate surface area is 124 Å². The smallest absolute Gasteiger partial charge is 0.170 e. The third-order valence-electron chi connectivity index (χ3n) is 4.07. The van der Waals surface area contributed by atoms with Crippen LogP contribution in [0.1, 0.15) is 29.5 Å². The van der Waals surface area contributed by atoms with Crippen molar-refractivity contribution in [1.29, 1.82) is 5.26 Å². The molecule has 0 amide bonds. The lowest BCUT2D eigenvalue weighted by atomic mass is 10.1. The summed E-state index contributed by atoms with van der Waals surface area (Å²) in [5, 5.41) is 14.0. The Morgan fingerprint density at radius 3 is 2.67 bits per heavy atom. The van der Waals surface area contributed by atoms with Crippen LogP contribution in [0.15, 0.2) is 24.3 Å². The third kappa shape index (κ3) is 2.45.